The van der Waals surface area contributed by atoms with Gasteiger partial charge in [0.1, 0.15) is 5.60 Å². The highest BCUT2D eigenvalue weighted by atomic mass is 16.6. The SMILES string of the molecule is CC(C)NC1(CN)CCN(C(=O)OC(C)(C)C)CC1. The fourth-order valence-corrected chi connectivity index (χ4v) is 2.46. The standard InChI is InChI=1S/C14H29N3O2/c1-11(2)16-14(10-15)6-8-17(9-7-14)12(18)19-13(3,4)5/h11,16H,6-10,15H2,1-5H3. The first-order valence-corrected chi connectivity index (χ1v) is 7.13. The Morgan fingerprint density at radius 3 is 2.26 bits per heavy atom. The summed E-state index contributed by atoms with van der Waals surface area (Å²) in [5.74, 6) is 0. The number of hydrogen-bond donors (Lipinski definition) is 2. The zero-order chi connectivity index (χ0) is 14.7. The molecule has 1 aliphatic heterocycles. The lowest BCUT2D eigenvalue weighted by Crippen LogP contribution is -2.60. The highest BCUT2D eigenvalue weighted by Crippen LogP contribution is 2.23. The summed E-state index contributed by atoms with van der Waals surface area (Å²) < 4.78 is 5.40. The number of likely N-dealkylation sites (tertiary alicyclic amines) is 1. The summed E-state index contributed by atoms with van der Waals surface area (Å²) in [6.07, 6.45) is 1.53. The third kappa shape index (κ3) is 4.99. The molecule has 0 aromatic rings. The number of carbonyl (C=O) groups excluding carboxylic acids is 1. The zero-order valence-corrected chi connectivity index (χ0v) is 13.0. The van der Waals surface area contributed by atoms with Gasteiger partial charge < -0.3 is 20.7 Å². The van der Waals surface area contributed by atoms with E-state index in [4.69, 9.17) is 10.5 Å². The summed E-state index contributed by atoms with van der Waals surface area (Å²) in [6, 6.07) is 0.400. The third-order valence-corrected chi connectivity index (χ3v) is 3.36. The molecule has 0 aromatic heterocycles. The molecule has 1 rings (SSSR count). The van der Waals surface area contributed by atoms with Crippen molar-refractivity contribution in [2.24, 2.45) is 5.73 Å². The van der Waals surface area contributed by atoms with Gasteiger partial charge in [-0.1, -0.05) is 13.8 Å². The number of amides is 1. The van der Waals surface area contributed by atoms with E-state index in [1.54, 1.807) is 4.90 Å². The van der Waals surface area contributed by atoms with E-state index in [1.807, 2.05) is 20.8 Å². The van der Waals surface area contributed by atoms with Crippen LogP contribution in [0.25, 0.3) is 0 Å². The first-order chi connectivity index (χ1) is 8.67. The molecular formula is C14H29N3O2. The topological polar surface area (TPSA) is 67.6 Å². The van der Waals surface area contributed by atoms with Crippen molar-refractivity contribution in [3.63, 3.8) is 0 Å². The molecule has 1 amide bonds. The third-order valence-electron chi connectivity index (χ3n) is 3.36. The molecule has 19 heavy (non-hydrogen) atoms. The van der Waals surface area contributed by atoms with Crippen molar-refractivity contribution in [1.29, 1.82) is 0 Å². The van der Waals surface area contributed by atoms with Gasteiger partial charge in [-0.15, -0.1) is 0 Å². The van der Waals surface area contributed by atoms with E-state index in [1.165, 1.54) is 0 Å². The van der Waals surface area contributed by atoms with Crippen LogP contribution < -0.4 is 11.1 Å². The van der Waals surface area contributed by atoms with E-state index in [9.17, 15) is 4.79 Å². The largest absolute Gasteiger partial charge is 0.444 e. The summed E-state index contributed by atoms with van der Waals surface area (Å²) in [5.41, 5.74) is 5.44. The molecular weight excluding hydrogens is 242 g/mol. The number of nitrogens with two attached hydrogens (primary N) is 1. The van der Waals surface area contributed by atoms with Crippen molar-refractivity contribution in [1.82, 2.24) is 10.2 Å². The molecule has 3 N–H and O–H groups in total. The summed E-state index contributed by atoms with van der Waals surface area (Å²) in [6.45, 7) is 11.9. The quantitative estimate of drug-likeness (QED) is 0.820. The number of hydrogen-bond acceptors (Lipinski definition) is 4. The van der Waals surface area contributed by atoms with Crippen molar-refractivity contribution in [3.8, 4) is 0 Å². The van der Waals surface area contributed by atoms with Crippen molar-refractivity contribution < 1.29 is 9.53 Å². The minimum atomic E-state index is -0.435. The van der Waals surface area contributed by atoms with Crippen LogP contribution >= 0.6 is 0 Å². The molecule has 0 atom stereocenters. The number of carbonyl (C=O) groups is 1. The molecule has 0 saturated carbocycles. The Morgan fingerprint density at radius 1 is 1.37 bits per heavy atom. The maximum Gasteiger partial charge on any atom is 0.410 e. The molecule has 0 unspecified atom stereocenters. The monoisotopic (exact) mass is 271 g/mol. The van der Waals surface area contributed by atoms with Gasteiger partial charge in [0.05, 0.1) is 0 Å². The van der Waals surface area contributed by atoms with Crippen LogP contribution in [0, 0.1) is 0 Å². The number of nitrogens with one attached hydrogen (secondary N) is 1. The highest BCUT2D eigenvalue weighted by Gasteiger charge is 2.36. The van der Waals surface area contributed by atoms with Crippen LogP contribution in [0.15, 0.2) is 0 Å². The molecule has 1 heterocycles. The maximum absolute atomic E-state index is 12.0. The van der Waals surface area contributed by atoms with Crippen molar-refractivity contribution >= 4 is 6.09 Å². The molecule has 5 nitrogen and oxygen atoms in total. The van der Waals surface area contributed by atoms with Crippen molar-refractivity contribution in [2.75, 3.05) is 19.6 Å². The van der Waals surface area contributed by atoms with Gasteiger partial charge in [0.25, 0.3) is 0 Å². The second kappa shape index (κ2) is 6.09. The predicted molar refractivity (Wildman–Crippen MR) is 77.1 cm³/mol. The van der Waals surface area contributed by atoms with Crippen molar-refractivity contribution in [3.05, 3.63) is 0 Å². The Kier molecular flexibility index (Phi) is 5.21. The molecule has 0 spiro atoms. The summed E-state index contributed by atoms with van der Waals surface area (Å²) >= 11 is 0. The van der Waals surface area contributed by atoms with Gasteiger partial charge in [-0.2, -0.15) is 0 Å². The summed E-state index contributed by atoms with van der Waals surface area (Å²) in [7, 11) is 0. The molecule has 0 aromatic carbocycles. The number of ether oxygens (including phenoxy) is 1. The van der Waals surface area contributed by atoms with Gasteiger partial charge in [0, 0.05) is 31.2 Å². The van der Waals surface area contributed by atoms with Gasteiger partial charge in [0.2, 0.25) is 0 Å². The van der Waals surface area contributed by atoms with E-state index < -0.39 is 5.60 Å². The average Bonchev–Trinajstić information content (AvgIpc) is 2.26. The Labute approximate surface area is 116 Å². The second-order valence-electron chi connectivity index (χ2n) is 6.75. The lowest BCUT2D eigenvalue weighted by atomic mass is 9.87. The van der Waals surface area contributed by atoms with E-state index in [2.05, 4.69) is 19.2 Å². The fraction of sp³-hybridized carbons (Fsp3) is 0.929. The van der Waals surface area contributed by atoms with Crippen LogP contribution in [0.2, 0.25) is 0 Å². The molecule has 0 bridgehead atoms. The fourth-order valence-electron chi connectivity index (χ4n) is 2.46. The lowest BCUT2D eigenvalue weighted by Gasteiger charge is -2.43. The Balaban J connectivity index is 2.54. The lowest BCUT2D eigenvalue weighted by molar-refractivity contribution is 0.0147. The minimum Gasteiger partial charge on any atom is -0.444 e. The van der Waals surface area contributed by atoms with Crippen LogP contribution in [0.1, 0.15) is 47.5 Å². The normalized spacial score (nSPS) is 19.6. The van der Waals surface area contributed by atoms with Crippen LogP contribution in [-0.2, 0) is 4.74 Å². The average molecular weight is 271 g/mol. The van der Waals surface area contributed by atoms with E-state index in [-0.39, 0.29) is 11.6 Å². The van der Waals surface area contributed by atoms with Gasteiger partial charge in [-0.25, -0.2) is 4.79 Å². The number of piperidine rings is 1. The Hall–Kier alpha value is -0.810. The van der Waals surface area contributed by atoms with Gasteiger partial charge in [0.15, 0.2) is 0 Å². The van der Waals surface area contributed by atoms with E-state index in [0.29, 0.717) is 25.7 Å². The molecule has 1 fully saturated rings. The predicted octanol–water partition coefficient (Wildman–Crippen LogP) is 1.71. The number of rotatable bonds is 3. The molecule has 0 radical (unpaired) electrons. The van der Waals surface area contributed by atoms with Gasteiger partial charge >= 0.3 is 6.09 Å². The zero-order valence-electron chi connectivity index (χ0n) is 13.0. The molecule has 112 valence electrons. The Bertz CT molecular complexity index is 302. The summed E-state index contributed by atoms with van der Waals surface area (Å²) in [5, 5.41) is 3.55. The van der Waals surface area contributed by atoms with Gasteiger partial charge in [-0.05, 0) is 33.6 Å². The molecule has 5 heteroatoms. The van der Waals surface area contributed by atoms with Crippen molar-refractivity contribution in [2.45, 2.75) is 64.6 Å². The minimum absolute atomic E-state index is 0.0350. The van der Waals surface area contributed by atoms with Crippen LogP contribution in [0.5, 0.6) is 0 Å². The maximum atomic E-state index is 12.0. The van der Waals surface area contributed by atoms with Crippen LogP contribution in [0.4, 0.5) is 4.79 Å². The first-order valence-electron chi connectivity index (χ1n) is 7.13. The smallest absolute Gasteiger partial charge is 0.410 e. The van der Waals surface area contributed by atoms with Gasteiger partial charge in [-0.3, -0.25) is 0 Å². The molecule has 1 aliphatic rings. The van der Waals surface area contributed by atoms with Crippen LogP contribution in [0.3, 0.4) is 0 Å². The number of nitrogens with zero attached hydrogens (tertiary/aromatic N) is 1. The van der Waals surface area contributed by atoms with E-state index in [0.717, 1.165) is 12.8 Å². The second-order valence-corrected chi connectivity index (χ2v) is 6.75. The highest BCUT2D eigenvalue weighted by molar-refractivity contribution is 5.68. The Morgan fingerprint density at radius 2 is 1.89 bits per heavy atom. The van der Waals surface area contributed by atoms with Crippen LogP contribution in [-0.4, -0.2) is 47.8 Å². The summed E-state index contributed by atoms with van der Waals surface area (Å²) in [4.78, 5) is 13.8. The first kappa shape index (κ1) is 16.2. The molecule has 1 saturated heterocycles. The van der Waals surface area contributed by atoms with E-state index >= 15 is 0 Å². The molecule has 0 aliphatic carbocycles.